The average Bonchev–Trinajstić information content (AvgIpc) is 2.38. The Morgan fingerprint density at radius 2 is 2.28 bits per heavy atom. The van der Waals surface area contributed by atoms with E-state index in [4.69, 9.17) is 4.74 Å². The molecule has 100 valence electrons. The van der Waals surface area contributed by atoms with Gasteiger partial charge in [0.25, 0.3) is 5.91 Å². The maximum absolute atomic E-state index is 12.4. The van der Waals surface area contributed by atoms with Crippen molar-refractivity contribution in [3.63, 3.8) is 0 Å². The number of amides is 1. The number of nitrogens with one attached hydrogen (secondary N) is 1. The van der Waals surface area contributed by atoms with Crippen molar-refractivity contribution in [1.82, 2.24) is 9.88 Å². The normalized spacial score (nSPS) is 10.5. The lowest BCUT2D eigenvalue weighted by Crippen LogP contribution is -2.39. The van der Waals surface area contributed by atoms with Gasteiger partial charge in [-0.2, -0.15) is 0 Å². The molecule has 0 aliphatic carbocycles. The molecule has 0 radical (unpaired) electrons. The van der Waals surface area contributed by atoms with E-state index >= 15 is 0 Å². The molecule has 1 rings (SSSR count). The smallest absolute Gasteiger partial charge is 0.254 e. The Kier molecular flexibility index (Phi) is 5.58. The van der Waals surface area contributed by atoms with E-state index < -0.39 is 0 Å². The summed E-state index contributed by atoms with van der Waals surface area (Å²) in [5.74, 6) is 0.692. The highest BCUT2D eigenvalue weighted by molar-refractivity contribution is 5.95. The zero-order valence-corrected chi connectivity index (χ0v) is 11.4. The zero-order chi connectivity index (χ0) is 13.5. The number of hydrogen-bond acceptors (Lipinski definition) is 4. The van der Waals surface area contributed by atoms with E-state index in [1.54, 1.807) is 37.4 Å². The SMILES string of the molecule is CNc1cc(C(=O)N(CCOC)C(C)C)ccn1. The number of anilines is 1. The molecular formula is C13H21N3O2. The van der Waals surface area contributed by atoms with Gasteiger partial charge in [-0.15, -0.1) is 0 Å². The average molecular weight is 251 g/mol. The number of carbonyl (C=O) groups excluding carboxylic acids is 1. The van der Waals surface area contributed by atoms with Crippen LogP contribution >= 0.6 is 0 Å². The van der Waals surface area contributed by atoms with Crippen molar-refractivity contribution in [3.8, 4) is 0 Å². The number of aromatic nitrogens is 1. The molecule has 1 aromatic rings. The minimum atomic E-state index is 0.000880. The standard InChI is InChI=1S/C13H21N3O2/c1-10(2)16(7-8-18-4)13(17)11-5-6-15-12(9-11)14-3/h5-6,9-10H,7-8H2,1-4H3,(H,14,15). The van der Waals surface area contributed by atoms with Crippen LogP contribution in [0.2, 0.25) is 0 Å². The fourth-order valence-electron chi connectivity index (χ4n) is 1.65. The maximum atomic E-state index is 12.4. The molecule has 0 aliphatic rings. The van der Waals surface area contributed by atoms with Crippen LogP contribution in [0.4, 0.5) is 5.82 Å². The van der Waals surface area contributed by atoms with Crippen molar-refractivity contribution in [2.75, 3.05) is 32.6 Å². The van der Waals surface area contributed by atoms with E-state index in [1.165, 1.54) is 0 Å². The van der Waals surface area contributed by atoms with Gasteiger partial charge in [-0.25, -0.2) is 4.98 Å². The summed E-state index contributed by atoms with van der Waals surface area (Å²) in [6.07, 6.45) is 1.63. The van der Waals surface area contributed by atoms with Gasteiger partial charge in [0.15, 0.2) is 0 Å². The Labute approximate surface area is 108 Å². The first-order valence-electron chi connectivity index (χ1n) is 6.03. The molecule has 1 N–H and O–H groups in total. The highest BCUT2D eigenvalue weighted by atomic mass is 16.5. The molecule has 1 amide bonds. The van der Waals surface area contributed by atoms with Gasteiger partial charge in [-0.1, -0.05) is 0 Å². The highest BCUT2D eigenvalue weighted by Crippen LogP contribution is 2.11. The molecule has 0 atom stereocenters. The van der Waals surface area contributed by atoms with Gasteiger partial charge in [-0.3, -0.25) is 4.79 Å². The van der Waals surface area contributed by atoms with Crippen LogP contribution in [-0.4, -0.2) is 49.1 Å². The number of rotatable bonds is 6. The predicted octanol–water partition coefficient (Wildman–Crippen LogP) is 1.62. The Bertz CT molecular complexity index is 394. The van der Waals surface area contributed by atoms with E-state index in [-0.39, 0.29) is 11.9 Å². The van der Waals surface area contributed by atoms with E-state index in [9.17, 15) is 4.79 Å². The predicted molar refractivity (Wildman–Crippen MR) is 71.8 cm³/mol. The van der Waals surface area contributed by atoms with Gasteiger partial charge < -0.3 is 15.0 Å². The van der Waals surface area contributed by atoms with Crippen LogP contribution < -0.4 is 5.32 Å². The second-order valence-corrected chi connectivity index (χ2v) is 4.26. The summed E-state index contributed by atoms with van der Waals surface area (Å²) in [5.41, 5.74) is 0.638. The molecule has 0 spiro atoms. The Morgan fingerprint density at radius 3 is 2.83 bits per heavy atom. The number of carbonyl (C=O) groups is 1. The van der Waals surface area contributed by atoms with Crippen molar-refractivity contribution in [3.05, 3.63) is 23.9 Å². The fourth-order valence-corrected chi connectivity index (χ4v) is 1.65. The van der Waals surface area contributed by atoms with E-state index in [0.29, 0.717) is 24.5 Å². The van der Waals surface area contributed by atoms with E-state index in [1.807, 2.05) is 13.8 Å². The summed E-state index contributed by atoms with van der Waals surface area (Å²) >= 11 is 0. The largest absolute Gasteiger partial charge is 0.383 e. The molecule has 0 bridgehead atoms. The number of nitrogens with zero attached hydrogens (tertiary/aromatic N) is 2. The summed E-state index contributed by atoms with van der Waals surface area (Å²) in [6, 6.07) is 3.62. The second-order valence-electron chi connectivity index (χ2n) is 4.26. The molecular weight excluding hydrogens is 230 g/mol. The molecule has 0 saturated heterocycles. The first-order valence-corrected chi connectivity index (χ1v) is 6.03. The molecule has 0 unspecified atom stereocenters. The third-order valence-electron chi connectivity index (χ3n) is 2.68. The van der Waals surface area contributed by atoms with Gasteiger partial charge in [0.05, 0.1) is 6.61 Å². The summed E-state index contributed by atoms with van der Waals surface area (Å²) < 4.78 is 5.03. The summed E-state index contributed by atoms with van der Waals surface area (Å²) in [5, 5.41) is 2.93. The minimum absolute atomic E-state index is 0.000880. The topological polar surface area (TPSA) is 54.5 Å². The molecule has 18 heavy (non-hydrogen) atoms. The van der Waals surface area contributed by atoms with Crippen LogP contribution in [0.5, 0.6) is 0 Å². The van der Waals surface area contributed by atoms with Crippen LogP contribution in [-0.2, 0) is 4.74 Å². The van der Waals surface area contributed by atoms with Gasteiger partial charge >= 0.3 is 0 Å². The molecule has 0 aromatic carbocycles. The fraction of sp³-hybridized carbons (Fsp3) is 0.538. The lowest BCUT2D eigenvalue weighted by molar-refractivity contribution is 0.0635. The molecule has 0 aliphatic heterocycles. The minimum Gasteiger partial charge on any atom is -0.383 e. The summed E-state index contributed by atoms with van der Waals surface area (Å²) in [6.45, 7) is 5.11. The zero-order valence-electron chi connectivity index (χ0n) is 11.4. The van der Waals surface area contributed by atoms with Gasteiger partial charge in [0.2, 0.25) is 0 Å². The lowest BCUT2D eigenvalue weighted by atomic mass is 10.2. The third kappa shape index (κ3) is 3.70. The Hall–Kier alpha value is -1.62. The van der Waals surface area contributed by atoms with Crippen molar-refractivity contribution in [2.24, 2.45) is 0 Å². The maximum Gasteiger partial charge on any atom is 0.254 e. The van der Waals surface area contributed by atoms with Crippen LogP contribution in [0.1, 0.15) is 24.2 Å². The highest BCUT2D eigenvalue weighted by Gasteiger charge is 2.18. The molecule has 1 heterocycles. The quantitative estimate of drug-likeness (QED) is 0.834. The van der Waals surface area contributed by atoms with Crippen molar-refractivity contribution < 1.29 is 9.53 Å². The first kappa shape index (κ1) is 14.4. The van der Waals surface area contributed by atoms with Gasteiger partial charge in [-0.05, 0) is 26.0 Å². The Morgan fingerprint density at radius 1 is 1.56 bits per heavy atom. The summed E-state index contributed by atoms with van der Waals surface area (Å²) in [7, 11) is 3.41. The van der Waals surface area contributed by atoms with Gasteiger partial charge in [0.1, 0.15) is 5.82 Å². The number of pyridine rings is 1. The van der Waals surface area contributed by atoms with Crippen LogP contribution in [0.15, 0.2) is 18.3 Å². The van der Waals surface area contributed by atoms with E-state index in [0.717, 1.165) is 0 Å². The third-order valence-corrected chi connectivity index (χ3v) is 2.68. The molecule has 5 nitrogen and oxygen atoms in total. The molecule has 5 heteroatoms. The second kappa shape index (κ2) is 6.96. The Balaban J connectivity index is 2.87. The monoisotopic (exact) mass is 251 g/mol. The number of hydrogen-bond donors (Lipinski definition) is 1. The van der Waals surface area contributed by atoms with Crippen LogP contribution in [0, 0.1) is 0 Å². The van der Waals surface area contributed by atoms with Crippen molar-refractivity contribution in [1.29, 1.82) is 0 Å². The lowest BCUT2D eigenvalue weighted by Gasteiger charge is -2.26. The van der Waals surface area contributed by atoms with Crippen molar-refractivity contribution in [2.45, 2.75) is 19.9 Å². The van der Waals surface area contributed by atoms with Crippen LogP contribution in [0.3, 0.4) is 0 Å². The molecule has 0 fully saturated rings. The number of methoxy groups -OCH3 is 1. The molecule has 1 aromatic heterocycles. The summed E-state index contributed by atoms with van der Waals surface area (Å²) in [4.78, 5) is 18.3. The van der Waals surface area contributed by atoms with Crippen molar-refractivity contribution >= 4 is 11.7 Å². The molecule has 0 saturated carbocycles. The van der Waals surface area contributed by atoms with Gasteiger partial charge in [0, 0.05) is 38.5 Å². The first-order chi connectivity index (χ1) is 8.60. The van der Waals surface area contributed by atoms with Crippen LogP contribution in [0.25, 0.3) is 0 Å². The van der Waals surface area contributed by atoms with E-state index in [2.05, 4.69) is 10.3 Å². The number of ether oxygens (including phenoxy) is 1.